The average Bonchev–Trinajstić information content (AvgIpc) is 2.95. The third-order valence-corrected chi connectivity index (χ3v) is 4.26. The Balaban J connectivity index is 1.87. The van der Waals surface area contributed by atoms with Crippen LogP contribution in [0.4, 0.5) is 11.4 Å². The predicted molar refractivity (Wildman–Crippen MR) is 91.9 cm³/mol. The molecule has 0 spiro atoms. The lowest BCUT2D eigenvalue weighted by Gasteiger charge is -2.20. The number of hydrogen-bond acceptors (Lipinski definition) is 3. The van der Waals surface area contributed by atoms with E-state index in [1.165, 1.54) is 11.3 Å². The summed E-state index contributed by atoms with van der Waals surface area (Å²) in [5.41, 5.74) is 4.18. The van der Waals surface area contributed by atoms with Gasteiger partial charge in [-0.2, -0.15) is 0 Å². The van der Waals surface area contributed by atoms with Crippen LogP contribution in [0.15, 0.2) is 46.9 Å². The van der Waals surface area contributed by atoms with Gasteiger partial charge in [0, 0.05) is 22.4 Å². The molecule has 0 fully saturated rings. The quantitative estimate of drug-likeness (QED) is 0.740. The fourth-order valence-corrected chi connectivity index (χ4v) is 3.13. The number of halogens is 1. The lowest BCUT2D eigenvalue weighted by Crippen LogP contribution is -2.14. The normalized spacial score (nSPS) is 13.1. The summed E-state index contributed by atoms with van der Waals surface area (Å²) in [4.78, 5) is 14.3. The highest BCUT2D eigenvalue weighted by Crippen LogP contribution is 2.36. The van der Waals surface area contributed by atoms with Crippen molar-refractivity contribution >= 4 is 33.3 Å². The minimum Gasteiger partial charge on any atom is -0.462 e. The Hall–Kier alpha value is -1.81. The van der Waals surface area contributed by atoms with E-state index in [0.717, 1.165) is 29.5 Å². The van der Waals surface area contributed by atoms with E-state index in [-0.39, 0.29) is 5.97 Å². The van der Waals surface area contributed by atoms with E-state index < -0.39 is 0 Å². The summed E-state index contributed by atoms with van der Waals surface area (Å²) in [5.74, 6) is -0.251. The van der Waals surface area contributed by atoms with E-state index in [1.54, 1.807) is 6.07 Å². The molecule has 0 atom stereocenters. The van der Waals surface area contributed by atoms with Gasteiger partial charge in [-0.25, -0.2) is 4.79 Å². The zero-order chi connectivity index (χ0) is 15.5. The van der Waals surface area contributed by atoms with Gasteiger partial charge in [-0.3, -0.25) is 0 Å². The average molecular weight is 360 g/mol. The van der Waals surface area contributed by atoms with E-state index in [9.17, 15) is 4.79 Å². The largest absolute Gasteiger partial charge is 0.462 e. The van der Waals surface area contributed by atoms with Gasteiger partial charge in [0.1, 0.15) is 0 Å². The molecule has 1 heterocycles. The first kappa shape index (κ1) is 15.1. The van der Waals surface area contributed by atoms with Crippen LogP contribution in [0.3, 0.4) is 0 Å². The van der Waals surface area contributed by atoms with E-state index in [0.29, 0.717) is 12.2 Å². The maximum atomic E-state index is 12.0. The summed E-state index contributed by atoms with van der Waals surface area (Å²) in [7, 11) is 0. The molecule has 1 aliphatic rings. The molecule has 3 nitrogen and oxygen atoms in total. The van der Waals surface area contributed by atoms with Crippen molar-refractivity contribution in [2.45, 2.75) is 19.8 Å². The number of hydrogen-bond donors (Lipinski definition) is 0. The molecule has 22 heavy (non-hydrogen) atoms. The Morgan fingerprint density at radius 3 is 2.95 bits per heavy atom. The van der Waals surface area contributed by atoms with Gasteiger partial charge < -0.3 is 9.64 Å². The second-order valence-corrected chi connectivity index (χ2v) is 6.28. The van der Waals surface area contributed by atoms with Crippen molar-refractivity contribution in [3.63, 3.8) is 0 Å². The summed E-state index contributed by atoms with van der Waals surface area (Å²) in [6.45, 7) is 3.38. The van der Waals surface area contributed by atoms with Crippen LogP contribution in [0.25, 0.3) is 0 Å². The molecule has 2 aromatic rings. The molecule has 0 amide bonds. The van der Waals surface area contributed by atoms with Crippen LogP contribution in [-0.2, 0) is 11.2 Å². The SMILES string of the molecule is CCCOC(=O)c1cccc(N2CCc3cc(Br)ccc32)c1. The van der Waals surface area contributed by atoms with E-state index in [4.69, 9.17) is 4.74 Å². The van der Waals surface area contributed by atoms with Gasteiger partial charge in [0.05, 0.1) is 12.2 Å². The zero-order valence-corrected chi connectivity index (χ0v) is 14.1. The molecule has 0 N–H and O–H groups in total. The second-order valence-electron chi connectivity index (χ2n) is 5.36. The van der Waals surface area contributed by atoms with Crippen molar-refractivity contribution in [1.29, 1.82) is 0 Å². The summed E-state index contributed by atoms with van der Waals surface area (Å²) < 4.78 is 6.32. The Morgan fingerprint density at radius 1 is 1.27 bits per heavy atom. The molecule has 2 aromatic carbocycles. The number of carbonyl (C=O) groups excluding carboxylic acids is 1. The maximum absolute atomic E-state index is 12.0. The van der Waals surface area contributed by atoms with Gasteiger partial charge in [-0.15, -0.1) is 0 Å². The number of anilines is 2. The Kier molecular flexibility index (Phi) is 4.48. The van der Waals surface area contributed by atoms with Crippen molar-refractivity contribution in [2.75, 3.05) is 18.1 Å². The number of benzene rings is 2. The third-order valence-electron chi connectivity index (χ3n) is 3.77. The number of esters is 1. The number of rotatable bonds is 4. The number of carbonyl (C=O) groups is 1. The minimum absolute atomic E-state index is 0.251. The second kappa shape index (κ2) is 6.53. The van der Waals surface area contributed by atoms with Crippen LogP contribution in [-0.4, -0.2) is 19.1 Å². The first-order valence-corrected chi connectivity index (χ1v) is 8.31. The molecule has 0 unspecified atom stereocenters. The smallest absolute Gasteiger partial charge is 0.338 e. The topological polar surface area (TPSA) is 29.5 Å². The summed E-state index contributed by atoms with van der Waals surface area (Å²) in [5, 5.41) is 0. The predicted octanol–water partition coefficient (Wildman–Crippen LogP) is 4.71. The Labute approximate surface area is 139 Å². The fourth-order valence-electron chi connectivity index (χ4n) is 2.72. The van der Waals surface area contributed by atoms with Gasteiger partial charge in [-0.05, 0) is 54.8 Å². The van der Waals surface area contributed by atoms with Gasteiger partial charge >= 0.3 is 5.97 Å². The maximum Gasteiger partial charge on any atom is 0.338 e. The van der Waals surface area contributed by atoms with E-state index in [1.807, 2.05) is 25.1 Å². The summed E-state index contributed by atoms with van der Waals surface area (Å²) >= 11 is 3.52. The van der Waals surface area contributed by atoms with Crippen molar-refractivity contribution in [1.82, 2.24) is 0 Å². The van der Waals surface area contributed by atoms with Crippen LogP contribution in [0, 0.1) is 0 Å². The molecule has 3 rings (SSSR count). The van der Waals surface area contributed by atoms with Crippen molar-refractivity contribution in [3.05, 3.63) is 58.1 Å². The van der Waals surface area contributed by atoms with Crippen molar-refractivity contribution in [2.24, 2.45) is 0 Å². The molecule has 0 radical (unpaired) electrons. The summed E-state index contributed by atoms with van der Waals surface area (Å²) in [6, 6.07) is 14.0. The highest BCUT2D eigenvalue weighted by molar-refractivity contribution is 9.10. The highest BCUT2D eigenvalue weighted by Gasteiger charge is 2.21. The molecule has 114 valence electrons. The molecule has 0 aliphatic carbocycles. The van der Waals surface area contributed by atoms with Crippen molar-refractivity contribution in [3.8, 4) is 0 Å². The zero-order valence-electron chi connectivity index (χ0n) is 12.5. The Morgan fingerprint density at radius 2 is 2.14 bits per heavy atom. The molecular weight excluding hydrogens is 342 g/mol. The Bertz CT molecular complexity index is 699. The van der Waals surface area contributed by atoms with Crippen molar-refractivity contribution < 1.29 is 9.53 Å². The van der Waals surface area contributed by atoms with Gasteiger partial charge in [-0.1, -0.05) is 28.9 Å². The highest BCUT2D eigenvalue weighted by atomic mass is 79.9. The molecule has 0 aromatic heterocycles. The molecule has 0 saturated carbocycles. The third kappa shape index (κ3) is 3.02. The molecule has 1 aliphatic heterocycles. The monoisotopic (exact) mass is 359 g/mol. The lowest BCUT2D eigenvalue weighted by molar-refractivity contribution is 0.0505. The van der Waals surface area contributed by atoms with Crippen LogP contribution < -0.4 is 4.90 Å². The first-order chi connectivity index (χ1) is 10.7. The molecule has 0 bridgehead atoms. The number of nitrogens with zero attached hydrogens (tertiary/aromatic N) is 1. The number of fused-ring (bicyclic) bond motifs is 1. The van der Waals surface area contributed by atoms with E-state index in [2.05, 4.69) is 39.0 Å². The van der Waals surface area contributed by atoms with Crippen LogP contribution in [0.1, 0.15) is 29.3 Å². The van der Waals surface area contributed by atoms with Crippen LogP contribution in [0.5, 0.6) is 0 Å². The van der Waals surface area contributed by atoms with Gasteiger partial charge in [0.15, 0.2) is 0 Å². The lowest BCUT2D eigenvalue weighted by atomic mass is 10.1. The molecule has 0 saturated heterocycles. The summed E-state index contributed by atoms with van der Waals surface area (Å²) in [6.07, 6.45) is 1.85. The molecular formula is C18H18BrNO2. The fraction of sp³-hybridized carbons (Fsp3) is 0.278. The van der Waals surface area contributed by atoms with Crippen LogP contribution in [0.2, 0.25) is 0 Å². The minimum atomic E-state index is -0.251. The van der Waals surface area contributed by atoms with Crippen LogP contribution >= 0.6 is 15.9 Å². The molecule has 4 heteroatoms. The van der Waals surface area contributed by atoms with Gasteiger partial charge in [0.2, 0.25) is 0 Å². The number of ether oxygens (including phenoxy) is 1. The first-order valence-electron chi connectivity index (χ1n) is 7.52. The standard InChI is InChI=1S/C18H18BrNO2/c1-2-10-22-18(21)14-4-3-5-16(12-14)20-9-8-13-11-15(19)6-7-17(13)20/h3-7,11-12H,2,8-10H2,1H3. The van der Waals surface area contributed by atoms with E-state index >= 15 is 0 Å². The van der Waals surface area contributed by atoms with Gasteiger partial charge in [0.25, 0.3) is 0 Å².